The van der Waals surface area contributed by atoms with E-state index >= 15 is 0 Å². The molecule has 0 bridgehead atoms. The average Bonchev–Trinajstić information content (AvgIpc) is 2.09. The van der Waals surface area contributed by atoms with Gasteiger partial charge in [-0.1, -0.05) is 18.9 Å². The van der Waals surface area contributed by atoms with Gasteiger partial charge in [0.1, 0.15) is 0 Å². The molecule has 3 nitrogen and oxygen atoms in total. The lowest BCUT2D eigenvalue weighted by atomic mass is 9.68. The number of carbonyl (C=O) groups is 1. The van der Waals surface area contributed by atoms with Crippen LogP contribution < -0.4 is 5.73 Å². The smallest absolute Gasteiger partial charge is 0.311 e. The van der Waals surface area contributed by atoms with Gasteiger partial charge in [-0.2, -0.15) is 0 Å². The topological polar surface area (TPSA) is 63.3 Å². The van der Waals surface area contributed by atoms with Crippen molar-refractivity contribution in [1.29, 1.82) is 0 Å². The van der Waals surface area contributed by atoms with E-state index in [-0.39, 0.29) is 6.04 Å². The molecule has 1 aliphatic rings. The third-order valence-electron chi connectivity index (χ3n) is 3.03. The molecule has 0 aromatic carbocycles. The number of hydrogen-bond acceptors (Lipinski definition) is 2. The zero-order valence-electron chi connectivity index (χ0n) is 7.83. The fraction of sp³-hybridized carbons (Fsp3) is 0.700. The summed E-state index contributed by atoms with van der Waals surface area (Å²) >= 11 is 0. The highest BCUT2D eigenvalue weighted by molar-refractivity contribution is 5.76. The lowest BCUT2D eigenvalue weighted by Gasteiger charge is -2.38. The molecule has 2 atom stereocenters. The minimum absolute atomic E-state index is 0.211. The maximum atomic E-state index is 11.1. The van der Waals surface area contributed by atoms with Crippen molar-refractivity contribution in [3.8, 4) is 0 Å². The highest BCUT2D eigenvalue weighted by Crippen LogP contribution is 2.38. The van der Waals surface area contributed by atoms with Crippen LogP contribution in [0.15, 0.2) is 12.7 Å². The fourth-order valence-corrected chi connectivity index (χ4v) is 2.13. The molecule has 0 heterocycles. The Hall–Kier alpha value is -0.830. The zero-order valence-corrected chi connectivity index (χ0v) is 7.83. The van der Waals surface area contributed by atoms with Gasteiger partial charge in [-0.15, -0.1) is 6.58 Å². The summed E-state index contributed by atoms with van der Waals surface area (Å²) in [5, 5.41) is 9.16. The Bertz CT molecular complexity index is 215. The summed E-state index contributed by atoms with van der Waals surface area (Å²) in [6.45, 7) is 3.60. The molecule has 0 aromatic heterocycles. The molecule has 0 aromatic rings. The van der Waals surface area contributed by atoms with Crippen molar-refractivity contribution < 1.29 is 9.90 Å². The molecule has 13 heavy (non-hydrogen) atoms. The summed E-state index contributed by atoms with van der Waals surface area (Å²) in [6, 6.07) is -0.211. The molecule has 0 saturated heterocycles. The number of nitrogens with two attached hydrogens (primary N) is 1. The van der Waals surface area contributed by atoms with Crippen LogP contribution in [0.25, 0.3) is 0 Å². The van der Waals surface area contributed by atoms with Crippen LogP contribution in [0.5, 0.6) is 0 Å². The first-order valence-electron chi connectivity index (χ1n) is 4.73. The molecular formula is C10H17NO2. The number of rotatable bonds is 3. The molecule has 0 amide bonds. The predicted molar refractivity (Wildman–Crippen MR) is 51.3 cm³/mol. The van der Waals surface area contributed by atoms with Crippen LogP contribution in [-0.4, -0.2) is 17.1 Å². The summed E-state index contributed by atoms with van der Waals surface area (Å²) in [5.74, 6) is -0.764. The Balaban J connectivity index is 2.85. The molecule has 1 rings (SSSR count). The van der Waals surface area contributed by atoms with Crippen molar-refractivity contribution in [3.63, 3.8) is 0 Å². The van der Waals surface area contributed by atoms with Crippen molar-refractivity contribution in [2.24, 2.45) is 11.1 Å². The molecule has 1 aliphatic carbocycles. The predicted octanol–water partition coefficient (Wildman–Crippen LogP) is 1.53. The third-order valence-corrected chi connectivity index (χ3v) is 3.03. The van der Waals surface area contributed by atoms with E-state index in [4.69, 9.17) is 10.8 Å². The zero-order chi connectivity index (χ0) is 9.90. The molecule has 0 spiro atoms. The second kappa shape index (κ2) is 3.92. The lowest BCUT2D eigenvalue weighted by Crippen LogP contribution is -2.49. The van der Waals surface area contributed by atoms with E-state index in [0.29, 0.717) is 12.8 Å². The number of allylic oxidation sites excluding steroid dienone is 1. The van der Waals surface area contributed by atoms with Crippen LogP contribution in [-0.2, 0) is 4.79 Å². The van der Waals surface area contributed by atoms with Gasteiger partial charge in [0.15, 0.2) is 0 Å². The van der Waals surface area contributed by atoms with E-state index in [1.54, 1.807) is 6.08 Å². The van der Waals surface area contributed by atoms with E-state index in [9.17, 15) is 4.79 Å². The van der Waals surface area contributed by atoms with Crippen LogP contribution in [0, 0.1) is 5.41 Å². The normalized spacial score (nSPS) is 34.1. The van der Waals surface area contributed by atoms with Gasteiger partial charge < -0.3 is 10.8 Å². The monoisotopic (exact) mass is 183 g/mol. The van der Waals surface area contributed by atoms with Crippen LogP contribution in [0.3, 0.4) is 0 Å². The van der Waals surface area contributed by atoms with Gasteiger partial charge >= 0.3 is 5.97 Å². The average molecular weight is 183 g/mol. The molecule has 1 fully saturated rings. The first-order chi connectivity index (χ1) is 6.13. The Kier molecular flexibility index (Phi) is 3.09. The number of hydrogen-bond donors (Lipinski definition) is 2. The maximum Gasteiger partial charge on any atom is 0.311 e. The van der Waals surface area contributed by atoms with Crippen molar-refractivity contribution >= 4 is 5.97 Å². The van der Waals surface area contributed by atoms with Crippen molar-refractivity contribution in [2.75, 3.05) is 0 Å². The van der Waals surface area contributed by atoms with Gasteiger partial charge in [-0.3, -0.25) is 4.79 Å². The first-order valence-corrected chi connectivity index (χ1v) is 4.73. The lowest BCUT2D eigenvalue weighted by molar-refractivity contribution is -0.152. The molecule has 74 valence electrons. The standard InChI is InChI=1S/C10H17NO2/c1-2-6-10(9(12)13)7-4-3-5-8(10)11/h2,8H,1,3-7,11H2,(H,12,13)/t8-,10+/m1/s1. The number of aliphatic carboxylic acids is 1. The summed E-state index contributed by atoms with van der Waals surface area (Å²) < 4.78 is 0. The van der Waals surface area contributed by atoms with Gasteiger partial charge in [0.25, 0.3) is 0 Å². The largest absolute Gasteiger partial charge is 0.481 e. The van der Waals surface area contributed by atoms with Crippen LogP contribution in [0.4, 0.5) is 0 Å². The Morgan fingerprint density at radius 1 is 1.69 bits per heavy atom. The van der Waals surface area contributed by atoms with E-state index in [1.165, 1.54) is 0 Å². The number of carboxylic acids is 1. The Morgan fingerprint density at radius 3 is 2.85 bits per heavy atom. The summed E-state index contributed by atoms with van der Waals surface area (Å²) in [7, 11) is 0. The SMILES string of the molecule is C=CC[C@]1(C(=O)O)CCCC[C@H]1N. The molecule has 0 aliphatic heterocycles. The van der Waals surface area contributed by atoms with Gasteiger partial charge in [0, 0.05) is 6.04 Å². The Labute approximate surface area is 78.6 Å². The molecule has 3 heteroatoms. The Morgan fingerprint density at radius 2 is 2.38 bits per heavy atom. The molecular weight excluding hydrogens is 166 g/mol. The number of carboxylic acid groups (broad SMARTS) is 1. The highest BCUT2D eigenvalue weighted by Gasteiger charge is 2.44. The van der Waals surface area contributed by atoms with Crippen molar-refractivity contribution in [3.05, 3.63) is 12.7 Å². The summed E-state index contributed by atoms with van der Waals surface area (Å²) in [5.41, 5.74) is 5.14. The fourth-order valence-electron chi connectivity index (χ4n) is 2.13. The maximum absolute atomic E-state index is 11.1. The van der Waals surface area contributed by atoms with Crippen molar-refractivity contribution in [1.82, 2.24) is 0 Å². The first kappa shape index (κ1) is 10.3. The highest BCUT2D eigenvalue weighted by atomic mass is 16.4. The van der Waals surface area contributed by atoms with E-state index in [2.05, 4.69) is 6.58 Å². The second-order valence-corrected chi connectivity index (χ2v) is 3.81. The molecule has 1 saturated carbocycles. The van der Waals surface area contributed by atoms with Crippen molar-refractivity contribution in [2.45, 2.75) is 38.1 Å². The minimum atomic E-state index is -0.764. The third kappa shape index (κ3) is 1.75. The van der Waals surface area contributed by atoms with Gasteiger partial charge in [0.05, 0.1) is 5.41 Å². The van der Waals surface area contributed by atoms with Crippen LogP contribution >= 0.6 is 0 Å². The minimum Gasteiger partial charge on any atom is -0.481 e. The molecule has 0 unspecified atom stereocenters. The van der Waals surface area contributed by atoms with Gasteiger partial charge in [-0.05, 0) is 19.3 Å². The van der Waals surface area contributed by atoms with E-state index in [1.807, 2.05) is 0 Å². The van der Waals surface area contributed by atoms with E-state index in [0.717, 1.165) is 19.3 Å². The van der Waals surface area contributed by atoms with Crippen LogP contribution in [0.1, 0.15) is 32.1 Å². The van der Waals surface area contributed by atoms with Crippen LogP contribution in [0.2, 0.25) is 0 Å². The molecule has 0 radical (unpaired) electrons. The summed E-state index contributed by atoms with van der Waals surface area (Å²) in [4.78, 5) is 11.1. The second-order valence-electron chi connectivity index (χ2n) is 3.81. The molecule has 3 N–H and O–H groups in total. The van der Waals surface area contributed by atoms with E-state index < -0.39 is 11.4 Å². The quantitative estimate of drug-likeness (QED) is 0.652. The summed E-state index contributed by atoms with van der Waals surface area (Å²) in [6.07, 6.45) is 5.68. The van der Waals surface area contributed by atoms with Gasteiger partial charge in [0.2, 0.25) is 0 Å². The van der Waals surface area contributed by atoms with Gasteiger partial charge in [-0.25, -0.2) is 0 Å².